The fourth-order valence-electron chi connectivity index (χ4n) is 4.70. The molecule has 3 nitrogen and oxygen atoms in total. The van der Waals surface area contributed by atoms with Crippen molar-refractivity contribution in [2.45, 2.75) is 69.1 Å². The van der Waals surface area contributed by atoms with Gasteiger partial charge in [-0.1, -0.05) is 12.8 Å². The van der Waals surface area contributed by atoms with Crippen molar-refractivity contribution in [3.05, 3.63) is 0 Å². The highest BCUT2D eigenvalue weighted by Gasteiger charge is 2.57. The monoisotopic (exact) mass is 239 g/mol. The number of fused-ring (bicyclic) bond motifs is 2. The topological polar surface area (TPSA) is 43.7 Å². The molecule has 0 spiro atoms. The van der Waals surface area contributed by atoms with Crippen LogP contribution in [-0.4, -0.2) is 46.5 Å². The maximum Gasteiger partial charge on any atom is 0.0755 e. The van der Waals surface area contributed by atoms with Gasteiger partial charge in [-0.05, 0) is 45.6 Å². The quantitative estimate of drug-likeness (QED) is 0.768. The van der Waals surface area contributed by atoms with Gasteiger partial charge in [0.2, 0.25) is 0 Å². The average Bonchev–Trinajstić information content (AvgIpc) is 2.87. The molecule has 2 bridgehead atoms. The number of aliphatic hydroxyl groups excluding tert-OH is 1. The Labute approximate surface area is 104 Å². The number of nitrogens with zero attached hydrogens (tertiary/aromatic N) is 1. The summed E-state index contributed by atoms with van der Waals surface area (Å²) >= 11 is 0. The SMILES string of the molecule is CN1C2CCC1CC(O)(C1(CO)CCCC1)C2. The molecule has 2 atom stereocenters. The predicted octanol–water partition coefficient (Wildman–Crippen LogP) is 1.53. The molecule has 3 heteroatoms. The Balaban J connectivity index is 1.86. The molecule has 0 aromatic carbocycles. The Morgan fingerprint density at radius 2 is 1.65 bits per heavy atom. The molecular formula is C14H25NO2. The van der Waals surface area contributed by atoms with Crippen LogP contribution in [0, 0.1) is 5.41 Å². The van der Waals surface area contributed by atoms with Crippen molar-refractivity contribution in [2.24, 2.45) is 5.41 Å². The van der Waals surface area contributed by atoms with Crippen LogP contribution in [0.3, 0.4) is 0 Å². The molecule has 3 rings (SSSR count). The van der Waals surface area contributed by atoms with E-state index in [1.54, 1.807) is 0 Å². The molecule has 1 aliphatic carbocycles. The van der Waals surface area contributed by atoms with Crippen molar-refractivity contribution in [3.63, 3.8) is 0 Å². The standard InChI is InChI=1S/C14H25NO2/c1-15-11-4-5-12(15)9-14(17,8-11)13(10-16)6-2-3-7-13/h11-12,16-17H,2-10H2,1H3. The molecule has 2 saturated heterocycles. The zero-order valence-electron chi connectivity index (χ0n) is 10.9. The summed E-state index contributed by atoms with van der Waals surface area (Å²) in [6.07, 6.45) is 8.59. The maximum absolute atomic E-state index is 11.1. The molecule has 3 aliphatic rings. The van der Waals surface area contributed by atoms with Gasteiger partial charge in [-0.25, -0.2) is 0 Å². The van der Waals surface area contributed by atoms with Gasteiger partial charge >= 0.3 is 0 Å². The zero-order chi connectivity index (χ0) is 12.1. The Morgan fingerprint density at radius 1 is 1.12 bits per heavy atom. The summed E-state index contributed by atoms with van der Waals surface area (Å²) in [5.41, 5.74) is -0.786. The number of piperidine rings is 1. The fourth-order valence-corrected chi connectivity index (χ4v) is 4.70. The van der Waals surface area contributed by atoms with Crippen LogP contribution < -0.4 is 0 Å². The van der Waals surface area contributed by atoms with Crippen LogP contribution in [0.1, 0.15) is 51.4 Å². The van der Waals surface area contributed by atoms with E-state index in [9.17, 15) is 10.2 Å². The van der Waals surface area contributed by atoms with Gasteiger partial charge in [0.15, 0.2) is 0 Å². The lowest BCUT2D eigenvalue weighted by molar-refractivity contribution is -0.150. The molecule has 1 saturated carbocycles. The van der Waals surface area contributed by atoms with Crippen LogP contribution in [0.2, 0.25) is 0 Å². The third kappa shape index (κ3) is 1.59. The molecule has 3 fully saturated rings. The van der Waals surface area contributed by atoms with Gasteiger partial charge in [0.1, 0.15) is 0 Å². The summed E-state index contributed by atoms with van der Waals surface area (Å²) in [4.78, 5) is 2.45. The van der Waals surface area contributed by atoms with Crippen LogP contribution in [0.15, 0.2) is 0 Å². The van der Waals surface area contributed by atoms with Gasteiger partial charge in [-0.3, -0.25) is 0 Å². The van der Waals surface area contributed by atoms with E-state index in [4.69, 9.17) is 0 Å². The number of hydrogen-bond acceptors (Lipinski definition) is 3. The van der Waals surface area contributed by atoms with Gasteiger partial charge in [-0.2, -0.15) is 0 Å². The second-order valence-corrected chi connectivity index (χ2v) is 6.64. The molecule has 0 aromatic rings. The number of rotatable bonds is 2. The molecule has 0 aromatic heterocycles. The first-order valence-electron chi connectivity index (χ1n) is 7.15. The highest BCUT2D eigenvalue weighted by atomic mass is 16.3. The summed E-state index contributed by atoms with van der Waals surface area (Å²) < 4.78 is 0. The molecule has 0 amide bonds. The molecular weight excluding hydrogens is 214 g/mol. The largest absolute Gasteiger partial charge is 0.396 e. The van der Waals surface area contributed by atoms with Gasteiger partial charge in [0, 0.05) is 17.5 Å². The minimum atomic E-state index is -0.601. The van der Waals surface area contributed by atoms with Crippen molar-refractivity contribution >= 4 is 0 Å². The second-order valence-electron chi connectivity index (χ2n) is 6.64. The maximum atomic E-state index is 11.1. The van der Waals surface area contributed by atoms with Gasteiger partial charge in [0.25, 0.3) is 0 Å². The molecule has 17 heavy (non-hydrogen) atoms. The number of hydrogen-bond donors (Lipinski definition) is 2. The normalized spacial score (nSPS) is 45.4. The molecule has 2 aliphatic heterocycles. The molecule has 2 unspecified atom stereocenters. The van der Waals surface area contributed by atoms with Crippen LogP contribution in [0.5, 0.6) is 0 Å². The van der Waals surface area contributed by atoms with E-state index < -0.39 is 5.60 Å². The van der Waals surface area contributed by atoms with Crippen LogP contribution >= 0.6 is 0 Å². The van der Waals surface area contributed by atoms with Crippen LogP contribution in [0.4, 0.5) is 0 Å². The van der Waals surface area contributed by atoms with E-state index >= 15 is 0 Å². The smallest absolute Gasteiger partial charge is 0.0755 e. The first kappa shape index (κ1) is 11.9. The summed E-state index contributed by atoms with van der Waals surface area (Å²) in [5.74, 6) is 0. The first-order chi connectivity index (χ1) is 8.10. The minimum absolute atomic E-state index is 0.173. The van der Waals surface area contributed by atoms with Crippen LogP contribution in [-0.2, 0) is 0 Å². The van der Waals surface area contributed by atoms with Crippen molar-refractivity contribution < 1.29 is 10.2 Å². The third-order valence-electron chi connectivity index (χ3n) is 5.98. The lowest BCUT2D eigenvalue weighted by Crippen LogP contribution is -2.58. The van der Waals surface area contributed by atoms with Crippen LogP contribution in [0.25, 0.3) is 0 Å². The first-order valence-corrected chi connectivity index (χ1v) is 7.15. The highest BCUT2D eigenvalue weighted by molar-refractivity contribution is 5.10. The van der Waals surface area contributed by atoms with Crippen molar-refractivity contribution in [1.29, 1.82) is 0 Å². The van der Waals surface area contributed by atoms with E-state index in [2.05, 4.69) is 11.9 Å². The zero-order valence-corrected chi connectivity index (χ0v) is 10.9. The lowest BCUT2D eigenvalue weighted by Gasteiger charge is -2.51. The molecule has 2 N–H and O–H groups in total. The van der Waals surface area contributed by atoms with E-state index in [1.165, 1.54) is 25.7 Å². The Kier molecular flexibility index (Phi) is 2.77. The summed E-state index contributed by atoms with van der Waals surface area (Å²) in [6, 6.07) is 1.09. The van der Waals surface area contributed by atoms with Gasteiger partial charge < -0.3 is 15.1 Å². The Hall–Kier alpha value is -0.120. The Morgan fingerprint density at radius 3 is 2.12 bits per heavy atom. The van der Waals surface area contributed by atoms with Crippen molar-refractivity contribution in [3.8, 4) is 0 Å². The average molecular weight is 239 g/mol. The summed E-state index contributed by atoms with van der Waals surface area (Å²) in [5, 5.41) is 21.0. The van der Waals surface area contributed by atoms with Crippen molar-refractivity contribution in [2.75, 3.05) is 13.7 Å². The predicted molar refractivity (Wildman–Crippen MR) is 66.7 cm³/mol. The fraction of sp³-hybridized carbons (Fsp3) is 1.00. The second kappa shape index (κ2) is 3.94. The molecule has 0 radical (unpaired) electrons. The summed E-state index contributed by atoms with van der Waals surface area (Å²) in [7, 11) is 2.20. The van der Waals surface area contributed by atoms with Gasteiger partial charge in [-0.15, -0.1) is 0 Å². The molecule has 2 heterocycles. The highest BCUT2D eigenvalue weighted by Crippen LogP contribution is 2.54. The van der Waals surface area contributed by atoms with Gasteiger partial charge in [0.05, 0.1) is 12.2 Å². The third-order valence-corrected chi connectivity index (χ3v) is 5.98. The van der Waals surface area contributed by atoms with E-state index in [-0.39, 0.29) is 12.0 Å². The molecule has 98 valence electrons. The number of aliphatic hydroxyl groups is 2. The Bertz CT molecular complexity index is 285. The minimum Gasteiger partial charge on any atom is -0.396 e. The van der Waals surface area contributed by atoms with E-state index in [0.717, 1.165) is 25.7 Å². The van der Waals surface area contributed by atoms with E-state index in [1.807, 2.05) is 0 Å². The summed E-state index contributed by atoms with van der Waals surface area (Å²) in [6.45, 7) is 0.173. The lowest BCUT2D eigenvalue weighted by atomic mass is 9.64. The van der Waals surface area contributed by atoms with Crippen molar-refractivity contribution in [1.82, 2.24) is 4.90 Å². The van der Waals surface area contributed by atoms with E-state index in [0.29, 0.717) is 12.1 Å².